The van der Waals surface area contributed by atoms with Crippen LogP contribution in [0.25, 0.3) is 0 Å². The van der Waals surface area contributed by atoms with Crippen LogP contribution in [0.2, 0.25) is 0 Å². The number of nitrogens with zero attached hydrogens (tertiary/aromatic N) is 1. The molecule has 1 aromatic heterocycles. The van der Waals surface area contributed by atoms with Gasteiger partial charge in [-0.2, -0.15) is 0 Å². The van der Waals surface area contributed by atoms with E-state index in [9.17, 15) is 5.11 Å². The maximum atomic E-state index is 10.1. The molecule has 0 saturated heterocycles. The minimum atomic E-state index is -0.121. The van der Waals surface area contributed by atoms with E-state index < -0.39 is 0 Å². The Kier molecular flexibility index (Phi) is 3.94. The summed E-state index contributed by atoms with van der Waals surface area (Å²) in [4.78, 5) is 4.37. The van der Waals surface area contributed by atoms with Crippen molar-refractivity contribution in [1.29, 1.82) is 0 Å². The van der Waals surface area contributed by atoms with E-state index in [2.05, 4.69) is 18.0 Å². The molecule has 0 bridgehead atoms. The van der Waals surface area contributed by atoms with E-state index in [1.807, 2.05) is 12.3 Å². The highest BCUT2D eigenvalue weighted by Gasteiger charge is 2.22. The first-order valence-corrected chi connectivity index (χ1v) is 6.36. The van der Waals surface area contributed by atoms with Gasteiger partial charge in [0.2, 0.25) is 0 Å². The predicted octanol–water partition coefficient (Wildman–Crippen LogP) is 2.87. The van der Waals surface area contributed by atoms with Crippen molar-refractivity contribution < 1.29 is 5.11 Å². The molecule has 1 unspecified atom stereocenters. The number of aromatic nitrogens is 1. The van der Waals surface area contributed by atoms with Gasteiger partial charge >= 0.3 is 0 Å². The number of hydrogen-bond acceptors (Lipinski definition) is 2. The van der Waals surface area contributed by atoms with Crippen molar-refractivity contribution in [2.75, 3.05) is 0 Å². The van der Waals surface area contributed by atoms with E-state index in [4.69, 9.17) is 0 Å². The maximum absolute atomic E-state index is 10.1. The number of rotatable bonds is 4. The van der Waals surface area contributed by atoms with Gasteiger partial charge in [-0.25, -0.2) is 0 Å². The normalized spacial score (nSPS) is 18.9. The fourth-order valence-electron chi connectivity index (χ4n) is 2.64. The van der Waals surface area contributed by atoms with Crippen molar-refractivity contribution in [3.63, 3.8) is 0 Å². The highest BCUT2D eigenvalue weighted by atomic mass is 16.3. The molecule has 0 aliphatic heterocycles. The van der Waals surface area contributed by atoms with Crippen molar-refractivity contribution in [3.8, 4) is 0 Å². The van der Waals surface area contributed by atoms with Gasteiger partial charge < -0.3 is 5.11 Å². The zero-order valence-electron chi connectivity index (χ0n) is 10.0. The molecule has 1 atom stereocenters. The Labute approximate surface area is 97.7 Å². The summed E-state index contributed by atoms with van der Waals surface area (Å²) in [7, 11) is 0. The molecule has 16 heavy (non-hydrogen) atoms. The molecule has 0 amide bonds. The number of aliphatic hydroxyl groups excluding tert-OH is 1. The third-order valence-electron chi connectivity index (χ3n) is 3.74. The van der Waals surface area contributed by atoms with Crippen LogP contribution in [0.1, 0.15) is 43.4 Å². The van der Waals surface area contributed by atoms with Crippen LogP contribution in [0.3, 0.4) is 0 Å². The van der Waals surface area contributed by atoms with Gasteiger partial charge in [0.05, 0.1) is 6.10 Å². The number of aryl methyl sites for hydroxylation is 2. The molecule has 0 spiro atoms. The van der Waals surface area contributed by atoms with Crippen LogP contribution in [-0.4, -0.2) is 16.2 Å². The lowest BCUT2D eigenvalue weighted by atomic mass is 9.95. The second-order valence-electron chi connectivity index (χ2n) is 4.92. The quantitative estimate of drug-likeness (QED) is 0.844. The summed E-state index contributed by atoms with van der Waals surface area (Å²) in [6, 6.07) is 4.05. The zero-order valence-corrected chi connectivity index (χ0v) is 10.0. The number of aliphatic hydroxyl groups is 1. The number of hydrogen-bond donors (Lipinski definition) is 1. The zero-order chi connectivity index (χ0) is 11.4. The summed E-state index contributed by atoms with van der Waals surface area (Å²) in [6.45, 7) is 2.09. The van der Waals surface area contributed by atoms with Crippen LogP contribution in [0, 0.1) is 12.8 Å². The van der Waals surface area contributed by atoms with Crippen molar-refractivity contribution >= 4 is 0 Å². The summed E-state index contributed by atoms with van der Waals surface area (Å²) >= 11 is 0. The topological polar surface area (TPSA) is 33.1 Å². The Morgan fingerprint density at radius 3 is 2.88 bits per heavy atom. The van der Waals surface area contributed by atoms with Gasteiger partial charge in [0.1, 0.15) is 0 Å². The highest BCUT2D eigenvalue weighted by molar-refractivity contribution is 5.17. The summed E-state index contributed by atoms with van der Waals surface area (Å²) in [5.74, 6) is 0.545. The first kappa shape index (κ1) is 11.6. The Hall–Kier alpha value is -0.890. The van der Waals surface area contributed by atoms with E-state index in [-0.39, 0.29) is 6.10 Å². The summed E-state index contributed by atoms with van der Waals surface area (Å²) in [6.07, 6.45) is 8.50. The van der Waals surface area contributed by atoms with E-state index in [1.54, 1.807) is 0 Å². The van der Waals surface area contributed by atoms with Crippen molar-refractivity contribution in [2.24, 2.45) is 5.92 Å². The highest BCUT2D eigenvalue weighted by Crippen LogP contribution is 2.29. The van der Waals surface area contributed by atoms with Crippen molar-refractivity contribution in [2.45, 2.75) is 51.6 Å². The fraction of sp³-hybridized carbons (Fsp3) is 0.643. The Morgan fingerprint density at radius 2 is 2.19 bits per heavy atom. The molecule has 88 valence electrons. The Morgan fingerprint density at radius 1 is 1.44 bits per heavy atom. The lowest BCUT2D eigenvalue weighted by Gasteiger charge is -2.17. The van der Waals surface area contributed by atoms with Gasteiger partial charge in [0.25, 0.3) is 0 Å². The molecule has 1 aliphatic rings. The third kappa shape index (κ3) is 2.82. The van der Waals surface area contributed by atoms with Crippen LogP contribution >= 0.6 is 0 Å². The maximum Gasteiger partial charge on any atom is 0.0572 e. The van der Waals surface area contributed by atoms with Gasteiger partial charge in [-0.15, -0.1) is 0 Å². The minimum absolute atomic E-state index is 0.121. The second-order valence-corrected chi connectivity index (χ2v) is 4.92. The van der Waals surface area contributed by atoms with Gasteiger partial charge in [-0.1, -0.05) is 18.9 Å². The van der Waals surface area contributed by atoms with Gasteiger partial charge in [-0.05, 0) is 50.2 Å². The Balaban J connectivity index is 1.84. The lowest BCUT2D eigenvalue weighted by Crippen LogP contribution is -2.18. The number of pyridine rings is 1. The third-order valence-corrected chi connectivity index (χ3v) is 3.74. The average molecular weight is 219 g/mol. The van der Waals surface area contributed by atoms with E-state index in [0.29, 0.717) is 5.92 Å². The van der Waals surface area contributed by atoms with Crippen molar-refractivity contribution in [1.82, 2.24) is 4.98 Å². The molecule has 1 saturated carbocycles. The summed E-state index contributed by atoms with van der Waals surface area (Å²) in [5.41, 5.74) is 2.38. The predicted molar refractivity (Wildman–Crippen MR) is 65.3 cm³/mol. The van der Waals surface area contributed by atoms with Crippen molar-refractivity contribution in [3.05, 3.63) is 29.6 Å². The molecular weight excluding hydrogens is 198 g/mol. The molecule has 0 aromatic carbocycles. The first-order valence-electron chi connectivity index (χ1n) is 6.36. The van der Waals surface area contributed by atoms with Crippen LogP contribution in [-0.2, 0) is 6.42 Å². The standard InChI is InChI=1S/C14H21NO/c1-11-5-4-10-15-13(11)8-9-14(16)12-6-2-3-7-12/h4-5,10,12,14,16H,2-3,6-9H2,1H3. The van der Waals surface area contributed by atoms with Gasteiger partial charge in [0.15, 0.2) is 0 Å². The van der Waals surface area contributed by atoms with Gasteiger partial charge in [-0.3, -0.25) is 4.98 Å². The molecule has 2 heteroatoms. The van der Waals surface area contributed by atoms with Crippen LogP contribution in [0.5, 0.6) is 0 Å². The fourth-order valence-corrected chi connectivity index (χ4v) is 2.64. The molecule has 0 radical (unpaired) electrons. The molecule has 1 fully saturated rings. The molecule has 1 aliphatic carbocycles. The van der Waals surface area contributed by atoms with Crippen LogP contribution in [0.4, 0.5) is 0 Å². The lowest BCUT2D eigenvalue weighted by molar-refractivity contribution is 0.102. The molecular formula is C14H21NO. The van der Waals surface area contributed by atoms with E-state index in [0.717, 1.165) is 18.5 Å². The molecule has 2 rings (SSSR count). The molecule has 1 heterocycles. The largest absolute Gasteiger partial charge is 0.393 e. The average Bonchev–Trinajstić information content (AvgIpc) is 2.81. The Bertz CT molecular complexity index is 331. The first-order chi connectivity index (χ1) is 7.77. The molecule has 2 nitrogen and oxygen atoms in total. The second kappa shape index (κ2) is 5.44. The van der Waals surface area contributed by atoms with Crippen LogP contribution in [0.15, 0.2) is 18.3 Å². The molecule has 1 aromatic rings. The molecule has 1 N–H and O–H groups in total. The summed E-state index contributed by atoms with van der Waals surface area (Å²) in [5, 5.41) is 10.1. The van der Waals surface area contributed by atoms with Gasteiger partial charge in [0, 0.05) is 11.9 Å². The monoisotopic (exact) mass is 219 g/mol. The smallest absolute Gasteiger partial charge is 0.0572 e. The van der Waals surface area contributed by atoms with E-state index >= 15 is 0 Å². The van der Waals surface area contributed by atoms with E-state index in [1.165, 1.54) is 31.2 Å². The van der Waals surface area contributed by atoms with Crippen LogP contribution < -0.4 is 0 Å². The SMILES string of the molecule is Cc1cccnc1CCC(O)C1CCCC1. The summed E-state index contributed by atoms with van der Waals surface area (Å²) < 4.78 is 0. The minimum Gasteiger partial charge on any atom is -0.393 e.